The topological polar surface area (TPSA) is 49.3 Å². The molecule has 0 atom stereocenters. The SMILES string of the molecule is CCc1cccc(CC)c1Nc1cc(C)ccc1C(=O)O. The first-order chi connectivity index (χ1) is 10.1. The molecule has 0 aliphatic heterocycles. The van der Waals surface area contributed by atoms with Gasteiger partial charge in [0, 0.05) is 5.69 Å². The molecule has 0 spiro atoms. The first-order valence-corrected chi connectivity index (χ1v) is 7.28. The Morgan fingerprint density at radius 2 is 1.71 bits per heavy atom. The third kappa shape index (κ3) is 3.24. The third-order valence-corrected chi connectivity index (χ3v) is 3.66. The van der Waals surface area contributed by atoms with Gasteiger partial charge in [0.1, 0.15) is 0 Å². The minimum absolute atomic E-state index is 0.300. The van der Waals surface area contributed by atoms with E-state index in [9.17, 15) is 9.90 Å². The van der Waals surface area contributed by atoms with Crippen LogP contribution in [-0.2, 0) is 12.8 Å². The molecule has 0 radical (unpaired) electrons. The summed E-state index contributed by atoms with van der Waals surface area (Å²) in [5.41, 5.74) is 5.43. The molecule has 0 saturated carbocycles. The van der Waals surface area contributed by atoms with Gasteiger partial charge in [-0.05, 0) is 48.6 Å². The highest BCUT2D eigenvalue weighted by molar-refractivity contribution is 5.95. The van der Waals surface area contributed by atoms with Crippen LogP contribution in [0.5, 0.6) is 0 Å². The van der Waals surface area contributed by atoms with Crippen molar-refractivity contribution in [2.75, 3.05) is 5.32 Å². The predicted molar refractivity (Wildman–Crippen MR) is 86.6 cm³/mol. The molecule has 2 rings (SSSR count). The van der Waals surface area contributed by atoms with E-state index in [-0.39, 0.29) is 0 Å². The number of hydrogen-bond acceptors (Lipinski definition) is 2. The molecule has 0 amide bonds. The molecule has 110 valence electrons. The van der Waals surface area contributed by atoms with Gasteiger partial charge in [0.05, 0.1) is 11.3 Å². The van der Waals surface area contributed by atoms with Crippen molar-refractivity contribution in [2.24, 2.45) is 0 Å². The second-order valence-corrected chi connectivity index (χ2v) is 5.14. The molecule has 0 aliphatic rings. The van der Waals surface area contributed by atoms with Crippen molar-refractivity contribution >= 4 is 17.3 Å². The molecule has 0 bridgehead atoms. The molecular formula is C18H21NO2. The monoisotopic (exact) mass is 283 g/mol. The highest BCUT2D eigenvalue weighted by atomic mass is 16.4. The Kier molecular flexibility index (Phi) is 4.63. The van der Waals surface area contributed by atoms with Crippen LogP contribution in [-0.4, -0.2) is 11.1 Å². The Morgan fingerprint density at radius 3 is 2.24 bits per heavy atom. The van der Waals surface area contributed by atoms with Crippen LogP contribution in [0.4, 0.5) is 11.4 Å². The van der Waals surface area contributed by atoms with Crippen molar-refractivity contribution in [3.8, 4) is 0 Å². The van der Waals surface area contributed by atoms with E-state index >= 15 is 0 Å². The lowest BCUT2D eigenvalue weighted by molar-refractivity contribution is 0.0698. The highest BCUT2D eigenvalue weighted by Crippen LogP contribution is 2.29. The Labute approximate surface area is 125 Å². The van der Waals surface area contributed by atoms with Crippen LogP contribution >= 0.6 is 0 Å². The number of aryl methyl sites for hydroxylation is 3. The fourth-order valence-corrected chi connectivity index (χ4v) is 2.49. The van der Waals surface area contributed by atoms with Crippen molar-refractivity contribution in [2.45, 2.75) is 33.6 Å². The first-order valence-electron chi connectivity index (χ1n) is 7.28. The van der Waals surface area contributed by atoms with Gasteiger partial charge in [0.2, 0.25) is 0 Å². The summed E-state index contributed by atoms with van der Waals surface area (Å²) in [5, 5.41) is 12.7. The minimum atomic E-state index is -0.912. The van der Waals surface area contributed by atoms with Gasteiger partial charge in [-0.2, -0.15) is 0 Å². The summed E-state index contributed by atoms with van der Waals surface area (Å²) in [4.78, 5) is 11.4. The molecule has 2 N–H and O–H groups in total. The molecule has 21 heavy (non-hydrogen) atoms. The number of carboxylic acid groups (broad SMARTS) is 1. The maximum Gasteiger partial charge on any atom is 0.337 e. The van der Waals surface area contributed by atoms with E-state index in [4.69, 9.17) is 0 Å². The molecule has 0 fully saturated rings. The number of para-hydroxylation sites is 1. The molecule has 2 aromatic rings. The fraction of sp³-hybridized carbons (Fsp3) is 0.278. The number of rotatable bonds is 5. The van der Waals surface area contributed by atoms with Crippen LogP contribution in [0.15, 0.2) is 36.4 Å². The predicted octanol–water partition coefficient (Wildman–Crippen LogP) is 4.56. The molecular weight excluding hydrogens is 262 g/mol. The summed E-state index contributed by atoms with van der Waals surface area (Å²) < 4.78 is 0. The number of benzene rings is 2. The summed E-state index contributed by atoms with van der Waals surface area (Å²) in [6, 6.07) is 11.6. The first kappa shape index (κ1) is 15.1. The normalized spacial score (nSPS) is 10.4. The van der Waals surface area contributed by atoms with Crippen LogP contribution < -0.4 is 5.32 Å². The van der Waals surface area contributed by atoms with Crippen molar-refractivity contribution in [1.29, 1.82) is 0 Å². The zero-order chi connectivity index (χ0) is 15.4. The molecule has 2 aromatic carbocycles. The van der Waals surface area contributed by atoms with Gasteiger partial charge in [-0.1, -0.05) is 38.1 Å². The largest absolute Gasteiger partial charge is 0.478 e. The number of aromatic carboxylic acids is 1. The van der Waals surface area contributed by atoms with Crippen LogP contribution in [0.25, 0.3) is 0 Å². The Hall–Kier alpha value is -2.29. The van der Waals surface area contributed by atoms with Gasteiger partial charge < -0.3 is 10.4 Å². The lowest BCUT2D eigenvalue weighted by Gasteiger charge is -2.17. The van der Waals surface area contributed by atoms with E-state index in [1.807, 2.05) is 19.1 Å². The van der Waals surface area contributed by atoms with Gasteiger partial charge in [0.25, 0.3) is 0 Å². The maximum atomic E-state index is 11.4. The van der Waals surface area contributed by atoms with Crippen molar-refractivity contribution in [1.82, 2.24) is 0 Å². The van der Waals surface area contributed by atoms with Crippen LogP contribution in [0.2, 0.25) is 0 Å². The summed E-state index contributed by atoms with van der Waals surface area (Å²) in [7, 11) is 0. The minimum Gasteiger partial charge on any atom is -0.478 e. The van der Waals surface area contributed by atoms with Crippen molar-refractivity contribution in [3.63, 3.8) is 0 Å². The van der Waals surface area contributed by atoms with E-state index < -0.39 is 5.97 Å². The van der Waals surface area contributed by atoms with Crippen LogP contribution in [0.1, 0.15) is 40.9 Å². The van der Waals surface area contributed by atoms with Gasteiger partial charge in [-0.15, -0.1) is 0 Å². The van der Waals surface area contributed by atoms with Gasteiger partial charge in [-0.3, -0.25) is 0 Å². The van der Waals surface area contributed by atoms with Crippen LogP contribution in [0.3, 0.4) is 0 Å². The zero-order valence-electron chi connectivity index (χ0n) is 12.7. The molecule has 0 unspecified atom stereocenters. The number of anilines is 2. The van der Waals surface area contributed by atoms with E-state index in [0.717, 1.165) is 24.1 Å². The van der Waals surface area contributed by atoms with E-state index in [0.29, 0.717) is 11.3 Å². The number of hydrogen-bond donors (Lipinski definition) is 2. The third-order valence-electron chi connectivity index (χ3n) is 3.66. The average Bonchev–Trinajstić information content (AvgIpc) is 2.47. The average molecular weight is 283 g/mol. The number of carbonyl (C=O) groups is 1. The molecule has 3 heteroatoms. The van der Waals surface area contributed by atoms with Crippen LogP contribution in [0, 0.1) is 6.92 Å². The lowest BCUT2D eigenvalue weighted by atomic mass is 10.0. The van der Waals surface area contributed by atoms with Gasteiger partial charge >= 0.3 is 5.97 Å². The van der Waals surface area contributed by atoms with Crippen molar-refractivity contribution < 1.29 is 9.90 Å². The lowest BCUT2D eigenvalue weighted by Crippen LogP contribution is -2.06. The molecule has 0 saturated heterocycles. The number of nitrogens with one attached hydrogen (secondary N) is 1. The van der Waals surface area contributed by atoms with Gasteiger partial charge in [0.15, 0.2) is 0 Å². The number of carboxylic acids is 1. The standard InChI is InChI=1S/C18H21NO2/c1-4-13-7-6-8-14(5-2)17(13)19-16-11-12(3)9-10-15(16)18(20)21/h6-11,19H,4-5H2,1-3H3,(H,20,21). The second kappa shape index (κ2) is 6.44. The Morgan fingerprint density at radius 1 is 1.10 bits per heavy atom. The smallest absolute Gasteiger partial charge is 0.337 e. The molecule has 3 nitrogen and oxygen atoms in total. The fourth-order valence-electron chi connectivity index (χ4n) is 2.49. The zero-order valence-corrected chi connectivity index (χ0v) is 12.7. The molecule has 0 aliphatic carbocycles. The second-order valence-electron chi connectivity index (χ2n) is 5.14. The summed E-state index contributed by atoms with van der Waals surface area (Å²) >= 11 is 0. The maximum absolute atomic E-state index is 11.4. The quantitative estimate of drug-likeness (QED) is 0.845. The van der Waals surface area contributed by atoms with E-state index in [1.54, 1.807) is 6.07 Å². The summed E-state index contributed by atoms with van der Waals surface area (Å²) in [6.45, 7) is 6.17. The summed E-state index contributed by atoms with van der Waals surface area (Å²) in [5.74, 6) is -0.912. The molecule has 0 aromatic heterocycles. The highest BCUT2D eigenvalue weighted by Gasteiger charge is 2.13. The Balaban J connectivity index is 2.52. The Bertz CT molecular complexity index is 640. The van der Waals surface area contributed by atoms with Gasteiger partial charge in [-0.25, -0.2) is 4.79 Å². The van der Waals surface area contributed by atoms with E-state index in [2.05, 4.69) is 37.4 Å². The molecule has 0 heterocycles. The van der Waals surface area contributed by atoms with Crippen molar-refractivity contribution in [3.05, 3.63) is 58.7 Å². The van der Waals surface area contributed by atoms with E-state index in [1.165, 1.54) is 11.1 Å². The summed E-state index contributed by atoms with van der Waals surface area (Å²) in [6.07, 6.45) is 1.81.